The molecule has 0 saturated heterocycles. The van der Waals surface area contributed by atoms with Crippen molar-refractivity contribution in [2.24, 2.45) is 0 Å². The third kappa shape index (κ3) is 3.19. The molecule has 1 aliphatic heterocycles. The fourth-order valence-corrected chi connectivity index (χ4v) is 2.02. The molecule has 0 aromatic heterocycles. The average Bonchev–Trinajstić information content (AvgIpc) is 2.95. The van der Waals surface area contributed by atoms with Crippen LogP contribution in [0.15, 0.2) is 54.6 Å². The molecule has 0 saturated carbocycles. The van der Waals surface area contributed by atoms with Gasteiger partial charge in [0, 0.05) is 0 Å². The van der Waals surface area contributed by atoms with E-state index in [9.17, 15) is 0 Å². The van der Waals surface area contributed by atoms with Gasteiger partial charge in [-0.15, -0.1) is 0 Å². The summed E-state index contributed by atoms with van der Waals surface area (Å²) in [6.07, 6.45) is 4.02. The van der Waals surface area contributed by atoms with Crippen LogP contribution in [0.3, 0.4) is 0 Å². The Labute approximate surface area is 118 Å². The normalized spacial score (nSPS) is 13.0. The van der Waals surface area contributed by atoms with E-state index in [1.807, 2.05) is 48.6 Å². The molecule has 3 rings (SSSR count). The Hall–Kier alpha value is -2.26. The molecular weight excluding hydrogens is 252 g/mol. The molecule has 3 heteroatoms. The average molecular weight is 268 g/mol. The topological polar surface area (TPSA) is 27.7 Å². The smallest absolute Gasteiger partial charge is 0.231 e. The Morgan fingerprint density at radius 1 is 1.00 bits per heavy atom. The number of benzene rings is 2. The Balaban J connectivity index is 1.48. The van der Waals surface area contributed by atoms with Crippen LogP contribution in [0.1, 0.15) is 11.1 Å². The summed E-state index contributed by atoms with van der Waals surface area (Å²) in [5, 5.41) is 0. The van der Waals surface area contributed by atoms with E-state index in [1.54, 1.807) is 0 Å². The lowest BCUT2D eigenvalue weighted by Crippen LogP contribution is -1.92. The van der Waals surface area contributed by atoms with Gasteiger partial charge in [0.15, 0.2) is 11.5 Å². The van der Waals surface area contributed by atoms with Crippen LogP contribution < -0.4 is 9.47 Å². The largest absolute Gasteiger partial charge is 0.454 e. The van der Waals surface area contributed by atoms with Gasteiger partial charge in [0.05, 0.1) is 13.2 Å². The molecule has 2 aromatic carbocycles. The summed E-state index contributed by atoms with van der Waals surface area (Å²) in [5.74, 6) is 1.61. The maximum atomic E-state index is 5.59. The molecule has 2 aromatic rings. The number of ether oxygens (including phenoxy) is 3. The van der Waals surface area contributed by atoms with Crippen molar-refractivity contribution in [3.8, 4) is 11.5 Å². The number of fused-ring (bicyclic) bond motifs is 1. The van der Waals surface area contributed by atoms with Gasteiger partial charge in [0.25, 0.3) is 0 Å². The van der Waals surface area contributed by atoms with Crippen LogP contribution in [0.2, 0.25) is 0 Å². The molecule has 0 amide bonds. The fourth-order valence-electron chi connectivity index (χ4n) is 2.02. The summed E-state index contributed by atoms with van der Waals surface area (Å²) in [6.45, 7) is 1.53. The Bertz CT molecular complexity index is 590. The van der Waals surface area contributed by atoms with Crippen LogP contribution >= 0.6 is 0 Å². The molecule has 0 N–H and O–H groups in total. The predicted octanol–water partition coefficient (Wildman–Crippen LogP) is 3.65. The van der Waals surface area contributed by atoms with Crippen LogP contribution in [0.5, 0.6) is 11.5 Å². The summed E-state index contributed by atoms with van der Waals surface area (Å²) >= 11 is 0. The van der Waals surface area contributed by atoms with E-state index in [2.05, 4.69) is 12.1 Å². The summed E-state index contributed by atoms with van der Waals surface area (Å²) in [7, 11) is 0. The van der Waals surface area contributed by atoms with Crippen LogP contribution in [-0.4, -0.2) is 13.4 Å². The van der Waals surface area contributed by atoms with E-state index >= 15 is 0 Å². The maximum absolute atomic E-state index is 5.59. The summed E-state index contributed by atoms with van der Waals surface area (Å²) in [5.41, 5.74) is 2.27. The first-order chi connectivity index (χ1) is 9.92. The van der Waals surface area contributed by atoms with Crippen LogP contribution in [0.25, 0.3) is 6.08 Å². The molecule has 102 valence electrons. The maximum Gasteiger partial charge on any atom is 0.231 e. The van der Waals surface area contributed by atoms with E-state index in [-0.39, 0.29) is 0 Å². The van der Waals surface area contributed by atoms with Gasteiger partial charge in [-0.25, -0.2) is 0 Å². The summed E-state index contributed by atoms with van der Waals surface area (Å²) in [4.78, 5) is 0. The highest BCUT2D eigenvalue weighted by atomic mass is 16.7. The third-order valence-corrected chi connectivity index (χ3v) is 3.03. The zero-order valence-corrected chi connectivity index (χ0v) is 11.1. The molecule has 0 atom stereocenters. The zero-order chi connectivity index (χ0) is 13.6. The second-order valence-corrected chi connectivity index (χ2v) is 4.52. The highest BCUT2D eigenvalue weighted by Crippen LogP contribution is 2.32. The lowest BCUT2D eigenvalue weighted by Gasteiger charge is -2.01. The van der Waals surface area contributed by atoms with Crippen molar-refractivity contribution in [1.29, 1.82) is 0 Å². The first-order valence-electron chi connectivity index (χ1n) is 6.60. The molecule has 1 aliphatic rings. The van der Waals surface area contributed by atoms with Crippen molar-refractivity contribution in [3.63, 3.8) is 0 Å². The minimum absolute atomic E-state index is 0.308. The Morgan fingerprint density at radius 2 is 1.85 bits per heavy atom. The molecule has 0 aliphatic carbocycles. The highest BCUT2D eigenvalue weighted by Gasteiger charge is 2.11. The SMILES string of the molecule is C(=C\c1ccc2c(c1)OCO2)/COCc1ccccc1. The van der Waals surface area contributed by atoms with E-state index in [0.717, 1.165) is 17.1 Å². The molecular formula is C17H16O3. The van der Waals surface area contributed by atoms with Crippen molar-refractivity contribution in [2.45, 2.75) is 6.61 Å². The van der Waals surface area contributed by atoms with Gasteiger partial charge in [-0.1, -0.05) is 48.6 Å². The number of hydrogen-bond donors (Lipinski definition) is 0. The molecule has 0 spiro atoms. The number of hydrogen-bond acceptors (Lipinski definition) is 3. The Morgan fingerprint density at radius 3 is 2.75 bits per heavy atom. The Kier molecular flexibility index (Phi) is 3.99. The van der Waals surface area contributed by atoms with Gasteiger partial charge in [-0.3, -0.25) is 0 Å². The van der Waals surface area contributed by atoms with Gasteiger partial charge in [0.1, 0.15) is 0 Å². The van der Waals surface area contributed by atoms with E-state index in [1.165, 1.54) is 5.56 Å². The van der Waals surface area contributed by atoms with Crippen molar-refractivity contribution in [1.82, 2.24) is 0 Å². The molecule has 3 nitrogen and oxygen atoms in total. The molecule has 0 unspecified atom stereocenters. The molecule has 0 bridgehead atoms. The second kappa shape index (κ2) is 6.26. The molecule has 1 heterocycles. The van der Waals surface area contributed by atoms with E-state index in [4.69, 9.17) is 14.2 Å². The van der Waals surface area contributed by atoms with Crippen molar-refractivity contribution < 1.29 is 14.2 Å². The lowest BCUT2D eigenvalue weighted by molar-refractivity contribution is 0.149. The highest BCUT2D eigenvalue weighted by molar-refractivity contribution is 5.56. The summed E-state index contributed by atoms with van der Waals surface area (Å²) < 4.78 is 16.2. The molecule has 0 fully saturated rings. The van der Waals surface area contributed by atoms with Crippen molar-refractivity contribution >= 4 is 6.08 Å². The first kappa shape index (κ1) is 12.8. The van der Waals surface area contributed by atoms with Crippen LogP contribution in [0.4, 0.5) is 0 Å². The summed E-state index contributed by atoms with van der Waals surface area (Å²) in [6, 6.07) is 16.0. The molecule has 0 radical (unpaired) electrons. The van der Waals surface area contributed by atoms with Gasteiger partial charge in [-0.05, 0) is 23.3 Å². The van der Waals surface area contributed by atoms with Crippen molar-refractivity contribution in [3.05, 3.63) is 65.7 Å². The van der Waals surface area contributed by atoms with Crippen LogP contribution in [0, 0.1) is 0 Å². The fraction of sp³-hybridized carbons (Fsp3) is 0.176. The van der Waals surface area contributed by atoms with Gasteiger partial charge >= 0.3 is 0 Å². The monoisotopic (exact) mass is 268 g/mol. The van der Waals surface area contributed by atoms with Gasteiger partial charge in [-0.2, -0.15) is 0 Å². The minimum Gasteiger partial charge on any atom is -0.454 e. The van der Waals surface area contributed by atoms with Gasteiger partial charge < -0.3 is 14.2 Å². The minimum atomic E-state index is 0.308. The first-order valence-corrected chi connectivity index (χ1v) is 6.60. The van der Waals surface area contributed by atoms with E-state index in [0.29, 0.717) is 20.0 Å². The molecule has 20 heavy (non-hydrogen) atoms. The third-order valence-electron chi connectivity index (χ3n) is 3.03. The van der Waals surface area contributed by atoms with Crippen molar-refractivity contribution in [2.75, 3.05) is 13.4 Å². The lowest BCUT2D eigenvalue weighted by atomic mass is 10.2. The quantitative estimate of drug-likeness (QED) is 0.775. The van der Waals surface area contributed by atoms with Gasteiger partial charge in [0.2, 0.25) is 6.79 Å². The number of rotatable bonds is 5. The zero-order valence-electron chi connectivity index (χ0n) is 11.1. The second-order valence-electron chi connectivity index (χ2n) is 4.52. The standard InChI is InChI=1S/C17H16O3/c1-2-5-15(6-3-1)12-18-10-4-7-14-8-9-16-17(11-14)20-13-19-16/h1-9,11H,10,12-13H2/b7-4+. The predicted molar refractivity (Wildman–Crippen MR) is 77.7 cm³/mol. The van der Waals surface area contributed by atoms with E-state index < -0.39 is 0 Å². The van der Waals surface area contributed by atoms with Crippen LogP contribution in [-0.2, 0) is 11.3 Å².